The molecule has 1 amide bonds. The van der Waals surface area contributed by atoms with Crippen LogP contribution in [0.3, 0.4) is 0 Å². The van der Waals surface area contributed by atoms with Gasteiger partial charge in [0.2, 0.25) is 11.9 Å². The maximum absolute atomic E-state index is 12.7. The van der Waals surface area contributed by atoms with Crippen molar-refractivity contribution >= 4 is 62.2 Å². The van der Waals surface area contributed by atoms with Gasteiger partial charge in [-0.25, -0.2) is 24.3 Å². The summed E-state index contributed by atoms with van der Waals surface area (Å²) in [6, 6.07) is 7.85. The van der Waals surface area contributed by atoms with Crippen molar-refractivity contribution < 1.29 is 39.5 Å². The first kappa shape index (κ1) is 70.2. The highest BCUT2D eigenvalue weighted by atomic mass is 16.7. The topological polar surface area (TPSA) is 349 Å². The molecule has 3 aliphatic rings. The van der Waals surface area contributed by atoms with Gasteiger partial charge in [0.25, 0.3) is 5.56 Å². The first-order valence-electron chi connectivity index (χ1n) is 32.8. The quantitative estimate of drug-likeness (QED) is 0.0136. The number of amides is 1. The van der Waals surface area contributed by atoms with E-state index in [2.05, 4.69) is 68.9 Å². The fourth-order valence-corrected chi connectivity index (χ4v) is 11.7. The van der Waals surface area contributed by atoms with Gasteiger partial charge in [0, 0.05) is 43.5 Å². The van der Waals surface area contributed by atoms with Crippen LogP contribution in [0.1, 0.15) is 199 Å². The van der Waals surface area contributed by atoms with Crippen LogP contribution in [0, 0.1) is 0 Å². The molecule has 24 nitrogen and oxygen atoms in total. The second kappa shape index (κ2) is 34.8. The number of benzene rings is 1. The van der Waals surface area contributed by atoms with E-state index in [1.165, 1.54) is 89.5 Å². The van der Waals surface area contributed by atoms with Crippen molar-refractivity contribution in [2.75, 3.05) is 37.8 Å². The number of aromatic amines is 1. The Morgan fingerprint density at radius 1 is 0.844 bits per heavy atom. The maximum Gasteiger partial charge on any atom is 0.333 e. The molecule has 1 aromatic carbocycles. The molecule has 9 rings (SSSR count). The van der Waals surface area contributed by atoms with Crippen LogP contribution in [0.15, 0.2) is 69.7 Å². The van der Waals surface area contributed by atoms with Gasteiger partial charge in [-0.1, -0.05) is 153 Å². The Bertz CT molecular complexity index is 3500. The van der Waals surface area contributed by atoms with Crippen molar-refractivity contribution in [2.24, 2.45) is 10.7 Å². The molecular formula is C66H100N14O10. The van der Waals surface area contributed by atoms with Crippen LogP contribution in [0.5, 0.6) is 0 Å². The Labute approximate surface area is 527 Å². The number of aliphatic imine (C=N–C) groups is 1. The smallest absolute Gasteiger partial charge is 0.333 e. The summed E-state index contributed by atoms with van der Waals surface area (Å²) in [5, 5.41) is 43.6. The van der Waals surface area contributed by atoms with Crippen molar-refractivity contribution in [3.63, 3.8) is 0 Å². The first-order valence-corrected chi connectivity index (χ1v) is 32.8. The largest absolute Gasteiger partial charge is 0.412 e. The average molecular weight is 1250 g/mol. The Kier molecular flexibility index (Phi) is 27.2. The van der Waals surface area contributed by atoms with E-state index in [4.69, 9.17) is 36.5 Å². The molecule has 5 aromatic heterocycles. The number of nitrogens with two attached hydrogens (primary N) is 3. The van der Waals surface area contributed by atoms with Gasteiger partial charge in [0.05, 0.1) is 35.8 Å². The minimum atomic E-state index is -1.50. The van der Waals surface area contributed by atoms with E-state index in [1.807, 2.05) is 40.5 Å². The van der Waals surface area contributed by atoms with Crippen LogP contribution in [0.2, 0.25) is 0 Å². The van der Waals surface area contributed by atoms with E-state index in [0.717, 1.165) is 106 Å². The molecule has 2 aliphatic heterocycles. The summed E-state index contributed by atoms with van der Waals surface area (Å²) >= 11 is 0. The third-order valence-corrected chi connectivity index (χ3v) is 16.3. The molecule has 90 heavy (non-hydrogen) atoms. The number of aliphatic hydroxyl groups excluding tert-OH is 3. The van der Waals surface area contributed by atoms with Crippen molar-refractivity contribution in [1.82, 2.24) is 48.7 Å². The molecule has 1 fully saturated rings. The molecule has 5 atom stereocenters. The lowest BCUT2D eigenvalue weighted by molar-refractivity contribution is -0.121. The lowest BCUT2D eigenvalue weighted by Crippen LogP contribution is -2.36. The lowest BCUT2D eigenvalue weighted by Gasteiger charge is -2.24. The van der Waals surface area contributed by atoms with Crippen molar-refractivity contribution in [3.8, 4) is 0 Å². The highest BCUT2D eigenvalue weighted by Crippen LogP contribution is 2.35. The van der Waals surface area contributed by atoms with Gasteiger partial charge in [0.15, 0.2) is 23.2 Å². The van der Waals surface area contributed by atoms with Crippen LogP contribution < -0.4 is 38.6 Å². The Morgan fingerprint density at radius 2 is 1.52 bits per heavy atom. The van der Waals surface area contributed by atoms with Gasteiger partial charge < -0.3 is 61.8 Å². The molecule has 0 saturated carbocycles. The number of hydrogen-bond acceptors (Lipinski definition) is 18. The van der Waals surface area contributed by atoms with E-state index in [0.29, 0.717) is 56.5 Å². The van der Waals surface area contributed by atoms with E-state index in [9.17, 15) is 34.8 Å². The monoisotopic (exact) mass is 1250 g/mol. The normalized spacial score (nSPS) is 17.8. The number of rotatable bonds is 34. The van der Waals surface area contributed by atoms with Gasteiger partial charge in [-0.2, -0.15) is 9.71 Å². The van der Waals surface area contributed by atoms with E-state index in [-0.39, 0.29) is 35.6 Å². The lowest BCUT2D eigenvalue weighted by atomic mass is 9.93. The maximum atomic E-state index is 12.7. The van der Waals surface area contributed by atoms with Gasteiger partial charge in [-0.3, -0.25) is 24.1 Å². The second-order valence-corrected chi connectivity index (χ2v) is 24.2. The molecule has 2 unspecified atom stereocenters. The van der Waals surface area contributed by atoms with Crippen molar-refractivity contribution in [1.29, 1.82) is 0 Å². The number of unbranched alkanes of at least 4 members (excludes halogenated alkanes) is 16. The van der Waals surface area contributed by atoms with Crippen LogP contribution in [-0.4, -0.2) is 132 Å². The third kappa shape index (κ3) is 18.5. The molecular weight excluding hydrogens is 1150 g/mol. The number of aliphatic hydroxyl groups is 4. The molecule has 7 heterocycles. The van der Waals surface area contributed by atoms with Gasteiger partial charge >= 0.3 is 5.69 Å². The summed E-state index contributed by atoms with van der Waals surface area (Å²) in [5.41, 5.74) is 20.8. The number of pyridine rings is 1. The van der Waals surface area contributed by atoms with Crippen LogP contribution in [-0.2, 0) is 40.4 Å². The minimum Gasteiger partial charge on any atom is -0.412 e. The third-order valence-electron chi connectivity index (χ3n) is 16.3. The summed E-state index contributed by atoms with van der Waals surface area (Å²) in [4.78, 5) is 68.3. The van der Waals surface area contributed by atoms with Crippen molar-refractivity contribution in [3.05, 3.63) is 99.0 Å². The molecule has 6 aromatic rings. The fraction of sp³-hybridized carbons (Fsp3) is 0.606. The molecule has 1 saturated heterocycles. The number of nitrogen functional groups attached to an aromatic ring is 2. The zero-order chi connectivity index (χ0) is 64.7. The fourth-order valence-electron chi connectivity index (χ4n) is 11.7. The molecule has 1 aliphatic carbocycles. The summed E-state index contributed by atoms with van der Waals surface area (Å²) in [6.45, 7) is 15.6. The summed E-state index contributed by atoms with van der Waals surface area (Å²) in [6.07, 6.45) is 28.8. The Balaban J connectivity index is 0.000000207. The number of allylic oxidation sites excluding steroid dienone is 3. The number of hydrogen-bond donors (Lipinski definition) is 9. The summed E-state index contributed by atoms with van der Waals surface area (Å²) in [5.74, 6) is 2.52. The van der Waals surface area contributed by atoms with E-state index >= 15 is 0 Å². The highest BCUT2D eigenvalue weighted by Gasteiger charge is 2.45. The number of anilines is 2. The number of imidazole rings is 3. The number of fused-ring (bicyclic) bond motifs is 7. The molecule has 24 heteroatoms. The summed E-state index contributed by atoms with van der Waals surface area (Å²) < 4.78 is 16.8. The number of nitrogens with zero attached hydrogens (tertiary/aromatic N) is 9. The molecule has 494 valence electrons. The Morgan fingerprint density at radius 3 is 2.17 bits per heavy atom. The second-order valence-electron chi connectivity index (χ2n) is 24.2. The first-order chi connectivity index (χ1) is 43.5. The van der Waals surface area contributed by atoms with Gasteiger partial charge in [-0.05, 0) is 58.9 Å². The number of para-hydroxylation sites is 1. The summed E-state index contributed by atoms with van der Waals surface area (Å²) in [7, 11) is 0. The van der Waals surface area contributed by atoms with Gasteiger partial charge in [-0.15, -0.1) is 6.58 Å². The number of H-pyrrole nitrogens is 1. The van der Waals surface area contributed by atoms with Crippen LogP contribution >= 0.6 is 0 Å². The molecule has 12 N–H and O–H groups in total. The van der Waals surface area contributed by atoms with Crippen LogP contribution in [0.25, 0.3) is 38.7 Å². The molecule has 0 radical (unpaired) electrons. The standard InChI is InChI=1S/C36H61N5O2.C17H22N4O2.C13H17N5O6/c1-3-5-7-8-9-10-11-12-13-14-15-16-17-18-19-27-33(42)38-28-22-23-29-43-41-32(26-6-4-2)40-34-35(41)30-24-20-21-25-31(30)39-36(34)37;1-4-23-9-13-20-14-15(21(13)10-17(2,3)22)11-7-5-6-8-12(11)19-16(14)18;1-2-3-17-6-9(15-12(14)16-10(6)22)18(13(17)23)11-8(21)7(20)5(4-19)24-11/h20-21,24,31H,3-19,22-23,25-29H2,1-2H3,(H2,37,39)(H,38,42);5-8,22H,4,9-10H2,1-3H3,(H2,18,19);2,5,7-8,11,19-21H,1,3-4H2,(H3,14,15,16,22)/t;;5-,7-,8-,11?/m..1/s1. The SMILES string of the molecule is C=CCn1c(=O)n(C2O[C@H](CO)[C@@H](O)[C@H]2O)c2nc(N)[nH]c(=O)c21.CCCCCCCCCCCCCCCCCC(=O)NCCCCOn1c(CCCC)nc2c1C1=CC=CCC1N=C2N.CCOCc1nc2c(N)nc3ccccc3c2n1CC(C)(C)O. The van der Waals surface area contributed by atoms with E-state index in [1.54, 1.807) is 13.8 Å². The number of ether oxygens (including phenoxy) is 2. The van der Waals surface area contributed by atoms with Crippen LogP contribution in [0.4, 0.5) is 11.8 Å². The highest BCUT2D eigenvalue weighted by molar-refractivity contribution is 6.06. The molecule has 0 spiro atoms. The van der Waals surface area contributed by atoms with E-state index < -0.39 is 48.0 Å². The predicted octanol–water partition coefficient (Wildman–Crippen LogP) is 7.98. The van der Waals surface area contributed by atoms with Gasteiger partial charge in [0.1, 0.15) is 65.9 Å². The number of amidine groups is 1. The van der Waals surface area contributed by atoms with Crippen molar-refractivity contribution in [2.45, 2.75) is 232 Å². The number of aryl methyl sites for hydroxylation is 1. The number of aromatic nitrogens is 9. The predicted molar refractivity (Wildman–Crippen MR) is 354 cm³/mol. The number of nitrogens with one attached hydrogen (secondary N) is 2. The number of carbonyl (C=O) groups is 1. The molecule has 0 bridgehead atoms. The average Bonchev–Trinajstić information content (AvgIpc) is 1.60. The zero-order valence-corrected chi connectivity index (χ0v) is 53.7. The zero-order valence-electron chi connectivity index (χ0n) is 53.7. The number of carbonyl (C=O) groups excluding carboxylic acids is 1. The minimum absolute atomic E-state index is 0.0197. The Hall–Kier alpha value is -7.22.